The van der Waals surface area contributed by atoms with Gasteiger partial charge in [0, 0.05) is 29.9 Å². The number of aromatic nitrogens is 2. The second-order valence-corrected chi connectivity index (χ2v) is 7.18. The quantitative estimate of drug-likeness (QED) is 0.885. The molecule has 1 aliphatic heterocycles. The minimum Gasteiger partial charge on any atom is -0.340 e. The van der Waals surface area contributed by atoms with E-state index in [-0.39, 0.29) is 5.91 Å². The number of nitrogens with one attached hydrogen (secondary N) is 1. The van der Waals surface area contributed by atoms with E-state index in [4.69, 9.17) is 11.6 Å². The highest BCUT2D eigenvalue weighted by molar-refractivity contribution is 6.30. The summed E-state index contributed by atoms with van der Waals surface area (Å²) in [6.45, 7) is 7.60. The van der Waals surface area contributed by atoms with Crippen molar-refractivity contribution in [3.63, 3.8) is 0 Å². The van der Waals surface area contributed by atoms with Crippen molar-refractivity contribution in [3.05, 3.63) is 46.4 Å². The zero-order valence-electron chi connectivity index (χ0n) is 14.8. The van der Waals surface area contributed by atoms with Crippen molar-refractivity contribution in [2.45, 2.75) is 33.6 Å². The van der Waals surface area contributed by atoms with Gasteiger partial charge in [-0.1, -0.05) is 24.6 Å². The first-order chi connectivity index (χ1) is 11.9. The Labute approximate surface area is 153 Å². The molecular formula is C19H23ClN4O. The maximum absolute atomic E-state index is 12.8. The van der Waals surface area contributed by atoms with Crippen molar-refractivity contribution >= 4 is 29.0 Å². The molecule has 2 aromatic rings. The number of piperidine rings is 1. The van der Waals surface area contributed by atoms with Crippen LogP contribution in [0.25, 0.3) is 0 Å². The SMILES string of the molecule is Cc1nc(Nc2cc(Cl)ccc2C)cc(C(=O)N2CCC(C)CC2)n1. The number of amides is 1. The molecule has 2 heterocycles. The van der Waals surface area contributed by atoms with Crippen LogP contribution in [0.15, 0.2) is 24.3 Å². The highest BCUT2D eigenvalue weighted by atomic mass is 35.5. The molecule has 5 nitrogen and oxygen atoms in total. The second kappa shape index (κ2) is 7.40. The number of carbonyl (C=O) groups excluding carboxylic acids is 1. The molecule has 1 amide bonds. The van der Waals surface area contributed by atoms with Crippen molar-refractivity contribution in [3.8, 4) is 0 Å². The third-order valence-corrected chi connectivity index (χ3v) is 4.83. The van der Waals surface area contributed by atoms with Crippen molar-refractivity contribution < 1.29 is 4.79 Å². The van der Waals surface area contributed by atoms with E-state index in [0.717, 1.165) is 37.2 Å². The number of hydrogen-bond donors (Lipinski definition) is 1. The van der Waals surface area contributed by atoms with Gasteiger partial charge >= 0.3 is 0 Å². The van der Waals surface area contributed by atoms with Crippen LogP contribution in [-0.2, 0) is 0 Å². The molecule has 25 heavy (non-hydrogen) atoms. The smallest absolute Gasteiger partial charge is 0.272 e. The summed E-state index contributed by atoms with van der Waals surface area (Å²) in [4.78, 5) is 23.4. The Kier molecular flexibility index (Phi) is 5.23. The molecule has 1 N–H and O–H groups in total. The number of aryl methyl sites for hydroxylation is 2. The fourth-order valence-electron chi connectivity index (χ4n) is 2.98. The summed E-state index contributed by atoms with van der Waals surface area (Å²) < 4.78 is 0. The molecule has 1 aromatic carbocycles. The first-order valence-electron chi connectivity index (χ1n) is 8.60. The van der Waals surface area contributed by atoms with Gasteiger partial charge in [-0.25, -0.2) is 9.97 Å². The number of anilines is 2. The fraction of sp³-hybridized carbons (Fsp3) is 0.421. The highest BCUT2D eigenvalue weighted by Crippen LogP contribution is 2.24. The lowest BCUT2D eigenvalue weighted by Gasteiger charge is -2.30. The van der Waals surface area contributed by atoms with E-state index in [9.17, 15) is 4.79 Å². The van der Waals surface area contributed by atoms with Gasteiger partial charge in [0.1, 0.15) is 17.3 Å². The van der Waals surface area contributed by atoms with Crippen molar-refractivity contribution in [2.24, 2.45) is 5.92 Å². The molecule has 1 aromatic heterocycles. The first kappa shape index (κ1) is 17.7. The van der Waals surface area contributed by atoms with Crippen LogP contribution in [-0.4, -0.2) is 33.9 Å². The van der Waals surface area contributed by atoms with Gasteiger partial charge in [0.05, 0.1) is 0 Å². The number of nitrogens with zero attached hydrogens (tertiary/aromatic N) is 3. The molecular weight excluding hydrogens is 336 g/mol. The van der Waals surface area contributed by atoms with Crippen LogP contribution in [0.4, 0.5) is 11.5 Å². The molecule has 0 spiro atoms. The predicted octanol–water partition coefficient (Wildman–Crippen LogP) is 4.36. The van der Waals surface area contributed by atoms with Gasteiger partial charge in [-0.15, -0.1) is 0 Å². The second-order valence-electron chi connectivity index (χ2n) is 6.74. The Hall–Kier alpha value is -2.14. The largest absolute Gasteiger partial charge is 0.340 e. The van der Waals surface area contributed by atoms with Gasteiger partial charge in [0.15, 0.2) is 0 Å². The number of rotatable bonds is 3. The minimum absolute atomic E-state index is 0.0248. The Morgan fingerprint density at radius 3 is 2.64 bits per heavy atom. The van der Waals surface area contributed by atoms with Crippen molar-refractivity contribution in [2.75, 3.05) is 18.4 Å². The normalized spacial score (nSPS) is 15.3. The highest BCUT2D eigenvalue weighted by Gasteiger charge is 2.23. The molecule has 0 radical (unpaired) electrons. The lowest BCUT2D eigenvalue weighted by atomic mass is 9.99. The number of benzene rings is 1. The van der Waals surface area contributed by atoms with Crippen molar-refractivity contribution in [1.29, 1.82) is 0 Å². The van der Waals surface area contributed by atoms with E-state index in [0.29, 0.717) is 28.3 Å². The molecule has 132 valence electrons. The third-order valence-electron chi connectivity index (χ3n) is 4.59. The zero-order valence-corrected chi connectivity index (χ0v) is 15.6. The fourth-order valence-corrected chi connectivity index (χ4v) is 3.15. The van der Waals surface area contributed by atoms with E-state index >= 15 is 0 Å². The van der Waals surface area contributed by atoms with Gasteiger partial charge in [0.2, 0.25) is 0 Å². The van der Waals surface area contributed by atoms with Crippen LogP contribution in [0.1, 0.15) is 41.6 Å². The summed E-state index contributed by atoms with van der Waals surface area (Å²) in [5.41, 5.74) is 2.36. The van der Waals surface area contributed by atoms with Gasteiger partial charge in [-0.3, -0.25) is 4.79 Å². The average molecular weight is 359 g/mol. The first-order valence-corrected chi connectivity index (χ1v) is 8.98. The molecule has 0 aliphatic carbocycles. The molecule has 0 bridgehead atoms. The minimum atomic E-state index is -0.0248. The predicted molar refractivity (Wildman–Crippen MR) is 101 cm³/mol. The number of halogens is 1. The van der Waals surface area contributed by atoms with Crippen LogP contribution in [0, 0.1) is 19.8 Å². The van der Waals surface area contributed by atoms with Crippen LogP contribution in [0.3, 0.4) is 0 Å². The molecule has 1 aliphatic rings. The molecule has 6 heteroatoms. The summed E-state index contributed by atoms with van der Waals surface area (Å²) in [7, 11) is 0. The Morgan fingerprint density at radius 1 is 1.20 bits per heavy atom. The third kappa shape index (κ3) is 4.28. The van der Waals surface area contributed by atoms with Gasteiger partial charge in [0.25, 0.3) is 5.91 Å². The molecule has 0 atom stereocenters. The van der Waals surface area contributed by atoms with Gasteiger partial charge in [-0.2, -0.15) is 0 Å². The lowest BCUT2D eigenvalue weighted by molar-refractivity contribution is 0.0691. The Bertz CT molecular complexity index is 785. The van der Waals surface area contributed by atoms with Crippen LogP contribution in [0.5, 0.6) is 0 Å². The summed E-state index contributed by atoms with van der Waals surface area (Å²) in [6.07, 6.45) is 2.09. The van der Waals surface area contributed by atoms with Crippen LogP contribution >= 0.6 is 11.6 Å². The number of carbonyl (C=O) groups is 1. The monoisotopic (exact) mass is 358 g/mol. The van der Waals surface area contributed by atoms with E-state index < -0.39 is 0 Å². The summed E-state index contributed by atoms with van der Waals surface area (Å²) >= 11 is 6.08. The zero-order chi connectivity index (χ0) is 18.0. The molecule has 1 saturated heterocycles. The number of likely N-dealkylation sites (tertiary alicyclic amines) is 1. The Morgan fingerprint density at radius 2 is 1.92 bits per heavy atom. The standard InChI is InChI=1S/C19H23ClN4O/c1-12-6-8-24(9-7-12)19(25)17-11-18(22-14(3)21-17)23-16-10-15(20)5-4-13(16)2/h4-5,10-12H,6-9H2,1-3H3,(H,21,22,23). The van der Waals surface area contributed by atoms with E-state index in [1.54, 1.807) is 13.0 Å². The summed E-state index contributed by atoms with van der Waals surface area (Å²) in [6, 6.07) is 7.36. The maximum Gasteiger partial charge on any atom is 0.272 e. The molecule has 1 fully saturated rings. The van der Waals surface area contributed by atoms with E-state index in [1.807, 2.05) is 30.0 Å². The topological polar surface area (TPSA) is 58.1 Å². The summed E-state index contributed by atoms with van der Waals surface area (Å²) in [5.74, 6) is 1.83. The van der Waals surface area contributed by atoms with Gasteiger partial charge < -0.3 is 10.2 Å². The van der Waals surface area contributed by atoms with Crippen LogP contribution < -0.4 is 5.32 Å². The van der Waals surface area contributed by atoms with E-state index in [2.05, 4.69) is 22.2 Å². The van der Waals surface area contributed by atoms with Crippen molar-refractivity contribution in [1.82, 2.24) is 14.9 Å². The van der Waals surface area contributed by atoms with Crippen LogP contribution in [0.2, 0.25) is 5.02 Å². The van der Waals surface area contributed by atoms with Gasteiger partial charge in [-0.05, 0) is 50.3 Å². The summed E-state index contributed by atoms with van der Waals surface area (Å²) in [5, 5.41) is 3.90. The van der Waals surface area contributed by atoms with E-state index in [1.165, 1.54) is 0 Å². The molecule has 3 rings (SSSR count). The molecule has 0 unspecified atom stereocenters. The Balaban J connectivity index is 1.83. The lowest BCUT2D eigenvalue weighted by Crippen LogP contribution is -2.38. The molecule has 0 saturated carbocycles. The average Bonchev–Trinajstić information content (AvgIpc) is 2.58. The number of hydrogen-bond acceptors (Lipinski definition) is 4. The maximum atomic E-state index is 12.8.